The van der Waals surface area contributed by atoms with Crippen LogP contribution in [0.25, 0.3) is 27.7 Å². The van der Waals surface area contributed by atoms with Gasteiger partial charge in [0.25, 0.3) is 0 Å². The van der Waals surface area contributed by atoms with Crippen molar-refractivity contribution in [3.8, 4) is 16.8 Å². The number of carboxylic acid groups (broad SMARTS) is 1. The van der Waals surface area contributed by atoms with Crippen LogP contribution in [0.1, 0.15) is 36.6 Å². The molecular formula is C26H24FN3O2. The minimum Gasteiger partial charge on any atom is -0.481 e. The fourth-order valence-corrected chi connectivity index (χ4v) is 4.24. The molecule has 0 radical (unpaired) electrons. The van der Waals surface area contributed by atoms with Crippen molar-refractivity contribution in [2.45, 2.75) is 26.2 Å². The van der Waals surface area contributed by atoms with Crippen LogP contribution in [0.2, 0.25) is 0 Å². The fraction of sp³-hybridized carbons (Fsp3) is 0.154. The highest BCUT2D eigenvalue weighted by Crippen LogP contribution is 2.42. The lowest BCUT2D eigenvalue weighted by Gasteiger charge is -2.16. The van der Waals surface area contributed by atoms with Crippen molar-refractivity contribution in [3.05, 3.63) is 83.3 Å². The Morgan fingerprint density at radius 1 is 1.16 bits per heavy atom. The van der Waals surface area contributed by atoms with Gasteiger partial charge in [-0.25, -0.2) is 4.39 Å². The molecule has 0 aliphatic carbocycles. The largest absolute Gasteiger partial charge is 0.481 e. The van der Waals surface area contributed by atoms with Crippen molar-refractivity contribution in [1.29, 1.82) is 5.41 Å². The van der Waals surface area contributed by atoms with Crippen LogP contribution in [-0.4, -0.2) is 21.9 Å². The number of halogens is 1. The van der Waals surface area contributed by atoms with E-state index in [9.17, 15) is 14.3 Å². The highest BCUT2D eigenvalue weighted by atomic mass is 19.1. The first-order chi connectivity index (χ1) is 15.3. The summed E-state index contributed by atoms with van der Waals surface area (Å²) in [5.41, 5.74) is 12.5. The molecule has 3 aromatic carbocycles. The van der Waals surface area contributed by atoms with E-state index in [0.717, 1.165) is 33.4 Å². The van der Waals surface area contributed by atoms with E-state index in [1.165, 1.54) is 18.3 Å². The molecule has 1 heterocycles. The second-order valence-electron chi connectivity index (χ2n) is 8.14. The van der Waals surface area contributed by atoms with Gasteiger partial charge in [-0.1, -0.05) is 38.1 Å². The Labute approximate surface area is 185 Å². The summed E-state index contributed by atoms with van der Waals surface area (Å²) in [4.78, 5) is 11.3. The predicted molar refractivity (Wildman–Crippen MR) is 126 cm³/mol. The number of rotatable bonds is 6. The number of fused-ring (bicyclic) bond motifs is 1. The average molecular weight is 429 g/mol. The highest BCUT2D eigenvalue weighted by Gasteiger charge is 2.23. The summed E-state index contributed by atoms with van der Waals surface area (Å²) in [5, 5.41) is 17.9. The molecule has 0 saturated carbocycles. The van der Waals surface area contributed by atoms with Gasteiger partial charge >= 0.3 is 5.97 Å². The van der Waals surface area contributed by atoms with Crippen LogP contribution in [-0.2, 0) is 11.2 Å². The number of aromatic nitrogens is 1. The summed E-state index contributed by atoms with van der Waals surface area (Å²) in [7, 11) is 0. The first-order valence-corrected chi connectivity index (χ1v) is 10.4. The van der Waals surface area contributed by atoms with E-state index >= 15 is 0 Å². The zero-order valence-corrected chi connectivity index (χ0v) is 17.9. The van der Waals surface area contributed by atoms with Gasteiger partial charge in [0.05, 0.1) is 11.9 Å². The molecule has 0 amide bonds. The maximum absolute atomic E-state index is 13.7. The van der Waals surface area contributed by atoms with Crippen molar-refractivity contribution < 1.29 is 14.3 Å². The number of aliphatic carboxylic acids is 1. The quantitative estimate of drug-likeness (QED) is 0.268. The molecule has 162 valence electrons. The molecule has 0 unspecified atom stereocenters. The van der Waals surface area contributed by atoms with Gasteiger partial charge in [0.1, 0.15) is 5.82 Å². The van der Waals surface area contributed by atoms with Crippen molar-refractivity contribution in [3.63, 3.8) is 0 Å². The Morgan fingerprint density at radius 2 is 1.88 bits per heavy atom. The second-order valence-corrected chi connectivity index (χ2v) is 8.14. The number of benzene rings is 3. The Bertz CT molecular complexity index is 1340. The number of nitrogens with one attached hydrogen (secondary N) is 1. The molecule has 5 nitrogen and oxygen atoms in total. The van der Waals surface area contributed by atoms with Crippen LogP contribution in [0, 0.1) is 11.2 Å². The van der Waals surface area contributed by atoms with Crippen LogP contribution in [0.5, 0.6) is 0 Å². The van der Waals surface area contributed by atoms with E-state index in [-0.39, 0.29) is 18.2 Å². The first-order valence-electron chi connectivity index (χ1n) is 10.4. The zero-order chi connectivity index (χ0) is 23.0. The molecule has 32 heavy (non-hydrogen) atoms. The molecule has 4 rings (SSSR count). The third kappa shape index (κ3) is 3.75. The van der Waals surface area contributed by atoms with Crippen LogP contribution in [0.3, 0.4) is 0 Å². The van der Waals surface area contributed by atoms with Crippen molar-refractivity contribution in [2.24, 2.45) is 0 Å². The molecule has 6 heteroatoms. The summed E-state index contributed by atoms with van der Waals surface area (Å²) >= 11 is 0. The summed E-state index contributed by atoms with van der Waals surface area (Å²) < 4.78 is 15.7. The number of carbonyl (C=O) groups is 1. The van der Waals surface area contributed by atoms with Gasteiger partial charge in [0, 0.05) is 39.8 Å². The lowest BCUT2D eigenvalue weighted by molar-refractivity contribution is -0.136. The van der Waals surface area contributed by atoms with Crippen LogP contribution < -0.4 is 5.73 Å². The van der Waals surface area contributed by atoms with Gasteiger partial charge in [-0.05, 0) is 53.4 Å². The smallest absolute Gasteiger partial charge is 0.307 e. The van der Waals surface area contributed by atoms with Crippen LogP contribution in [0.4, 0.5) is 10.1 Å². The lowest BCUT2D eigenvalue weighted by Crippen LogP contribution is -2.04. The number of carboxylic acids is 1. The van der Waals surface area contributed by atoms with Crippen molar-refractivity contribution >= 4 is 28.8 Å². The molecular weight excluding hydrogens is 405 g/mol. The molecule has 1 aromatic heterocycles. The molecule has 4 aromatic rings. The van der Waals surface area contributed by atoms with Gasteiger partial charge in [-0.2, -0.15) is 0 Å². The third-order valence-electron chi connectivity index (χ3n) is 5.57. The molecule has 0 atom stereocenters. The Kier molecular flexibility index (Phi) is 5.53. The van der Waals surface area contributed by atoms with E-state index in [2.05, 4.69) is 18.4 Å². The van der Waals surface area contributed by atoms with Gasteiger partial charge in [0.15, 0.2) is 0 Å². The van der Waals surface area contributed by atoms with E-state index < -0.39 is 5.97 Å². The first kappa shape index (κ1) is 21.3. The molecule has 0 aliphatic rings. The maximum Gasteiger partial charge on any atom is 0.307 e. The zero-order valence-electron chi connectivity index (χ0n) is 17.9. The fourth-order valence-electron chi connectivity index (χ4n) is 4.24. The summed E-state index contributed by atoms with van der Waals surface area (Å²) in [5.74, 6) is -1.11. The Morgan fingerprint density at radius 3 is 2.50 bits per heavy atom. The topological polar surface area (TPSA) is 92.1 Å². The second kappa shape index (κ2) is 8.30. The highest BCUT2D eigenvalue weighted by molar-refractivity contribution is 6.04. The number of anilines is 1. The van der Waals surface area contributed by atoms with E-state index in [1.807, 2.05) is 30.3 Å². The Balaban J connectivity index is 2.12. The predicted octanol–water partition coefficient (Wildman–Crippen LogP) is 5.77. The number of nitrogens with zero attached hydrogens (tertiary/aromatic N) is 1. The number of nitrogen functional groups attached to an aromatic ring is 1. The average Bonchev–Trinajstić information content (AvgIpc) is 3.07. The lowest BCUT2D eigenvalue weighted by atomic mass is 9.94. The van der Waals surface area contributed by atoms with Crippen LogP contribution >= 0.6 is 0 Å². The van der Waals surface area contributed by atoms with E-state index in [0.29, 0.717) is 16.8 Å². The number of nitrogens with two attached hydrogens (primary N) is 1. The van der Waals surface area contributed by atoms with Crippen molar-refractivity contribution in [2.75, 3.05) is 5.73 Å². The summed E-state index contributed by atoms with van der Waals surface area (Å²) in [6, 6.07) is 17.5. The summed E-state index contributed by atoms with van der Waals surface area (Å²) in [6.07, 6.45) is 1.15. The molecule has 0 aliphatic heterocycles. The Hall–Kier alpha value is -3.93. The van der Waals surface area contributed by atoms with Gasteiger partial charge in [-0.15, -0.1) is 0 Å². The van der Waals surface area contributed by atoms with Crippen LogP contribution in [0.15, 0.2) is 60.7 Å². The van der Waals surface area contributed by atoms with Gasteiger partial charge < -0.3 is 20.8 Å². The molecule has 0 saturated heterocycles. The molecule has 4 N–H and O–H groups in total. The molecule has 0 fully saturated rings. The molecule has 0 spiro atoms. The number of hydrogen-bond acceptors (Lipinski definition) is 3. The van der Waals surface area contributed by atoms with Crippen molar-refractivity contribution in [1.82, 2.24) is 4.57 Å². The van der Waals surface area contributed by atoms with Gasteiger partial charge in [-0.3, -0.25) is 4.79 Å². The normalized spacial score (nSPS) is 11.2. The monoisotopic (exact) mass is 429 g/mol. The van der Waals surface area contributed by atoms with E-state index in [1.54, 1.807) is 18.2 Å². The summed E-state index contributed by atoms with van der Waals surface area (Å²) in [6.45, 7) is 4.17. The van der Waals surface area contributed by atoms with Gasteiger partial charge in [0.2, 0.25) is 0 Å². The minimum atomic E-state index is -0.889. The number of hydrogen-bond donors (Lipinski definition) is 3. The molecule has 0 bridgehead atoms. The standard InChI is InChI=1S/C26H24FN3O2/c1-15(2)26-25(17-5-3-4-16(10-17)11-24(31)32)21-13-22(29)18(14-28)12-23(21)30(26)20-8-6-19(27)7-9-20/h3-10,12-15,28H,11,29H2,1-2H3,(H,31,32). The maximum atomic E-state index is 13.7. The minimum absolute atomic E-state index is 0.0679. The third-order valence-corrected chi connectivity index (χ3v) is 5.57. The van der Waals surface area contributed by atoms with E-state index in [4.69, 9.17) is 11.1 Å². The SMILES string of the molecule is CC(C)c1c(-c2cccc(CC(=O)O)c2)c2cc(N)c(C=N)cc2n1-c1ccc(F)cc1.